The lowest BCUT2D eigenvalue weighted by atomic mass is 10.3. The molecule has 1 atom stereocenters. The lowest BCUT2D eigenvalue weighted by Crippen LogP contribution is -2.26. The fourth-order valence-corrected chi connectivity index (χ4v) is 2.64. The second kappa shape index (κ2) is 4.63. The van der Waals surface area contributed by atoms with Gasteiger partial charge in [0.25, 0.3) is 5.91 Å². The van der Waals surface area contributed by atoms with Crippen LogP contribution in [-0.4, -0.2) is 10.9 Å². The van der Waals surface area contributed by atoms with Gasteiger partial charge in [-0.05, 0) is 18.4 Å². The van der Waals surface area contributed by atoms with Gasteiger partial charge in [-0.25, -0.2) is 4.98 Å². The number of carbonyl (C=O) groups excluding carboxylic acids is 1. The summed E-state index contributed by atoms with van der Waals surface area (Å²) in [4.78, 5) is 16.5. The van der Waals surface area contributed by atoms with E-state index >= 15 is 0 Å². The molecular weight excluding hydrogens is 242 g/mol. The van der Waals surface area contributed by atoms with Gasteiger partial charge in [0.15, 0.2) is 0 Å². The Morgan fingerprint density at radius 2 is 2.31 bits per heavy atom. The zero-order chi connectivity index (χ0) is 11.5. The molecule has 2 aromatic heterocycles. The molecule has 0 aliphatic heterocycles. The molecule has 0 bridgehead atoms. The average Bonchev–Trinajstić information content (AvgIpc) is 2.86. The Bertz CT molecular complexity index is 478. The van der Waals surface area contributed by atoms with Crippen LogP contribution in [0.2, 0.25) is 0 Å². The van der Waals surface area contributed by atoms with Crippen molar-refractivity contribution in [1.82, 2.24) is 10.3 Å². The molecule has 1 amide bonds. The van der Waals surface area contributed by atoms with Crippen molar-refractivity contribution in [1.29, 1.82) is 0 Å². The van der Waals surface area contributed by atoms with Crippen molar-refractivity contribution >= 4 is 34.3 Å². The number of nitrogen functional groups attached to an aromatic ring is 1. The third kappa shape index (κ3) is 2.23. The van der Waals surface area contributed by atoms with Crippen LogP contribution >= 0.6 is 22.7 Å². The molecule has 2 aromatic rings. The number of anilines is 1. The van der Waals surface area contributed by atoms with Gasteiger partial charge < -0.3 is 11.1 Å². The largest absolute Gasteiger partial charge is 0.397 e. The van der Waals surface area contributed by atoms with Crippen molar-refractivity contribution in [2.45, 2.75) is 13.0 Å². The zero-order valence-corrected chi connectivity index (χ0v) is 10.3. The van der Waals surface area contributed by atoms with Gasteiger partial charge in [0.05, 0.1) is 11.7 Å². The maximum absolute atomic E-state index is 11.8. The molecule has 0 saturated carbocycles. The van der Waals surface area contributed by atoms with Gasteiger partial charge in [0.2, 0.25) is 0 Å². The maximum Gasteiger partial charge on any atom is 0.264 e. The van der Waals surface area contributed by atoms with Crippen molar-refractivity contribution in [2.24, 2.45) is 0 Å². The van der Waals surface area contributed by atoms with Gasteiger partial charge in [0, 0.05) is 11.6 Å². The molecule has 84 valence electrons. The topological polar surface area (TPSA) is 68.0 Å². The SMILES string of the molecule is CC(NC(=O)c1sccc1N)c1nccs1. The summed E-state index contributed by atoms with van der Waals surface area (Å²) < 4.78 is 0. The second-order valence-electron chi connectivity index (χ2n) is 3.27. The summed E-state index contributed by atoms with van der Waals surface area (Å²) in [5.41, 5.74) is 6.19. The van der Waals surface area contributed by atoms with Crippen LogP contribution in [0.4, 0.5) is 5.69 Å². The van der Waals surface area contributed by atoms with Crippen LogP contribution < -0.4 is 11.1 Å². The predicted octanol–water partition coefficient (Wildman–Crippen LogP) is 2.28. The summed E-state index contributed by atoms with van der Waals surface area (Å²) in [6.07, 6.45) is 1.72. The summed E-state index contributed by atoms with van der Waals surface area (Å²) in [5, 5.41) is 7.45. The second-order valence-corrected chi connectivity index (χ2v) is 5.11. The van der Waals surface area contributed by atoms with Crippen molar-refractivity contribution in [3.8, 4) is 0 Å². The first-order valence-electron chi connectivity index (χ1n) is 4.71. The number of aromatic nitrogens is 1. The summed E-state index contributed by atoms with van der Waals surface area (Å²) in [6.45, 7) is 1.90. The third-order valence-corrected chi connectivity index (χ3v) is 3.96. The first-order valence-corrected chi connectivity index (χ1v) is 6.47. The molecule has 0 aromatic carbocycles. The molecule has 0 radical (unpaired) electrons. The van der Waals surface area contributed by atoms with Gasteiger partial charge in [-0.3, -0.25) is 4.79 Å². The van der Waals surface area contributed by atoms with E-state index in [9.17, 15) is 4.79 Å². The van der Waals surface area contributed by atoms with Crippen LogP contribution in [0.25, 0.3) is 0 Å². The molecule has 0 fully saturated rings. The fourth-order valence-electron chi connectivity index (χ4n) is 1.28. The van der Waals surface area contributed by atoms with E-state index in [0.717, 1.165) is 5.01 Å². The van der Waals surface area contributed by atoms with E-state index in [1.165, 1.54) is 22.7 Å². The van der Waals surface area contributed by atoms with Crippen LogP contribution in [0.1, 0.15) is 27.6 Å². The van der Waals surface area contributed by atoms with Gasteiger partial charge >= 0.3 is 0 Å². The third-order valence-electron chi connectivity index (χ3n) is 2.07. The molecule has 0 aliphatic rings. The minimum atomic E-state index is -0.143. The molecule has 0 aliphatic carbocycles. The zero-order valence-electron chi connectivity index (χ0n) is 8.64. The Balaban J connectivity index is 2.06. The molecule has 2 rings (SSSR count). The highest BCUT2D eigenvalue weighted by Crippen LogP contribution is 2.21. The quantitative estimate of drug-likeness (QED) is 0.881. The molecule has 6 heteroatoms. The van der Waals surface area contributed by atoms with Crippen LogP contribution in [-0.2, 0) is 0 Å². The molecule has 2 heterocycles. The highest BCUT2D eigenvalue weighted by molar-refractivity contribution is 7.12. The number of hydrogen-bond acceptors (Lipinski definition) is 5. The lowest BCUT2D eigenvalue weighted by molar-refractivity contribution is 0.0945. The van der Waals surface area contributed by atoms with E-state index in [1.54, 1.807) is 17.6 Å². The van der Waals surface area contributed by atoms with Gasteiger partial charge in [-0.15, -0.1) is 22.7 Å². The first kappa shape index (κ1) is 11.1. The molecular formula is C10H11N3OS2. The number of hydrogen-bond donors (Lipinski definition) is 2. The lowest BCUT2D eigenvalue weighted by Gasteiger charge is -2.10. The van der Waals surface area contributed by atoms with E-state index in [1.807, 2.05) is 12.3 Å². The average molecular weight is 253 g/mol. The van der Waals surface area contributed by atoms with Crippen LogP contribution in [0.5, 0.6) is 0 Å². The number of carbonyl (C=O) groups is 1. The number of nitrogens with two attached hydrogens (primary N) is 1. The smallest absolute Gasteiger partial charge is 0.264 e. The minimum absolute atomic E-state index is 0.0889. The van der Waals surface area contributed by atoms with Crippen LogP contribution in [0, 0.1) is 0 Å². The van der Waals surface area contributed by atoms with Crippen LogP contribution in [0.3, 0.4) is 0 Å². The molecule has 1 unspecified atom stereocenters. The Labute approximate surface area is 101 Å². The summed E-state index contributed by atoms with van der Waals surface area (Å²) in [5.74, 6) is -0.143. The summed E-state index contributed by atoms with van der Waals surface area (Å²) in [6, 6.07) is 1.64. The Hall–Kier alpha value is -1.40. The number of thiazole rings is 1. The summed E-state index contributed by atoms with van der Waals surface area (Å²) in [7, 11) is 0. The Kier molecular flexibility index (Phi) is 3.21. The molecule has 3 N–H and O–H groups in total. The fraction of sp³-hybridized carbons (Fsp3) is 0.200. The number of nitrogens with one attached hydrogen (secondary N) is 1. The Morgan fingerprint density at radius 3 is 2.88 bits per heavy atom. The highest BCUT2D eigenvalue weighted by Gasteiger charge is 2.15. The molecule has 0 saturated heterocycles. The predicted molar refractivity (Wildman–Crippen MR) is 66.7 cm³/mol. The Morgan fingerprint density at radius 1 is 1.50 bits per heavy atom. The van der Waals surface area contributed by atoms with E-state index in [-0.39, 0.29) is 11.9 Å². The van der Waals surface area contributed by atoms with Crippen molar-refractivity contribution in [3.63, 3.8) is 0 Å². The van der Waals surface area contributed by atoms with E-state index in [0.29, 0.717) is 10.6 Å². The number of rotatable bonds is 3. The van der Waals surface area contributed by atoms with Crippen LogP contribution in [0.15, 0.2) is 23.0 Å². The van der Waals surface area contributed by atoms with Gasteiger partial charge in [-0.2, -0.15) is 0 Å². The standard InChI is InChI=1S/C10H11N3OS2/c1-6(10-12-3-5-16-10)13-9(14)8-7(11)2-4-15-8/h2-6H,11H2,1H3,(H,13,14). The van der Waals surface area contributed by atoms with Gasteiger partial charge in [0.1, 0.15) is 9.88 Å². The molecule has 16 heavy (non-hydrogen) atoms. The van der Waals surface area contributed by atoms with Crippen molar-refractivity contribution < 1.29 is 4.79 Å². The minimum Gasteiger partial charge on any atom is -0.397 e. The normalized spacial score (nSPS) is 12.3. The summed E-state index contributed by atoms with van der Waals surface area (Å²) >= 11 is 2.86. The van der Waals surface area contributed by atoms with Crippen molar-refractivity contribution in [2.75, 3.05) is 5.73 Å². The van der Waals surface area contributed by atoms with E-state index in [2.05, 4.69) is 10.3 Å². The monoisotopic (exact) mass is 253 g/mol. The number of nitrogens with zero attached hydrogens (tertiary/aromatic N) is 1. The molecule has 0 spiro atoms. The number of thiophene rings is 1. The highest BCUT2D eigenvalue weighted by atomic mass is 32.1. The number of amides is 1. The van der Waals surface area contributed by atoms with Crippen molar-refractivity contribution in [3.05, 3.63) is 32.9 Å². The molecule has 4 nitrogen and oxygen atoms in total. The van der Waals surface area contributed by atoms with E-state index in [4.69, 9.17) is 5.73 Å². The van der Waals surface area contributed by atoms with Gasteiger partial charge in [-0.1, -0.05) is 0 Å². The first-order chi connectivity index (χ1) is 7.68. The van der Waals surface area contributed by atoms with E-state index < -0.39 is 0 Å². The maximum atomic E-state index is 11.8.